The molecule has 2 heterocycles. The van der Waals surface area contributed by atoms with Gasteiger partial charge in [0.15, 0.2) is 0 Å². The quantitative estimate of drug-likeness (QED) is 0.445. The number of thiophene rings is 1. The summed E-state index contributed by atoms with van der Waals surface area (Å²) in [4.78, 5) is 11.6. The fourth-order valence-electron chi connectivity index (χ4n) is 2.56. The summed E-state index contributed by atoms with van der Waals surface area (Å²) in [6.07, 6.45) is 2.76. The third-order valence-corrected chi connectivity index (χ3v) is 6.06. The Morgan fingerprint density at radius 2 is 2.27 bits per heavy atom. The monoisotopic (exact) mass is 390 g/mol. The summed E-state index contributed by atoms with van der Waals surface area (Å²) in [6, 6.07) is 8.08. The number of ether oxygens (including phenoxy) is 1. The molecule has 0 atom stereocenters. The fourth-order valence-corrected chi connectivity index (χ4v) is 4.54. The van der Waals surface area contributed by atoms with Crippen LogP contribution >= 0.6 is 38.6 Å². The van der Waals surface area contributed by atoms with E-state index < -0.39 is 0 Å². The average Bonchev–Trinajstić information content (AvgIpc) is 3.21. The van der Waals surface area contributed by atoms with Crippen molar-refractivity contribution in [3.63, 3.8) is 0 Å². The van der Waals surface area contributed by atoms with Gasteiger partial charge in [0, 0.05) is 32.4 Å². The summed E-state index contributed by atoms with van der Waals surface area (Å²) < 4.78 is 6.61. The van der Waals surface area contributed by atoms with Gasteiger partial charge in [-0.2, -0.15) is 0 Å². The molecule has 3 nitrogen and oxygen atoms in total. The van der Waals surface area contributed by atoms with Crippen molar-refractivity contribution in [3.8, 4) is 17.0 Å². The Morgan fingerprint density at radius 1 is 1.36 bits per heavy atom. The van der Waals surface area contributed by atoms with Gasteiger partial charge in [0.05, 0.1) is 12.8 Å². The van der Waals surface area contributed by atoms with Crippen LogP contribution in [0, 0.1) is 0 Å². The molecular formula is C16H11BrN2OS2. The van der Waals surface area contributed by atoms with Gasteiger partial charge < -0.3 is 4.74 Å². The predicted octanol–water partition coefficient (Wildman–Crippen LogP) is 5.30. The minimum absolute atomic E-state index is 0.797. The Balaban J connectivity index is 1.75. The highest BCUT2D eigenvalue weighted by molar-refractivity contribution is 9.10. The summed E-state index contributed by atoms with van der Waals surface area (Å²) in [5.74, 6) is 0.871. The van der Waals surface area contributed by atoms with Crippen molar-refractivity contribution in [2.75, 3.05) is 7.11 Å². The van der Waals surface area contributed by atoms with Gasteiger partial charge in [0.25, 0.3) is 0 Å². The molecule has 0 bridgehead atoms. The van der Waals surface area contributed by atoms with Gasteiger partial charge in [-0.15, -0.1) is 11.3 Å². The first kappa shape index (κ1) is 14.1. The summed E-state index contributed by atoms with van der Waals surface area (Å²) in [7, 11) is 1.70. The zero-order valence-electron chi connectivity index (χ0n) is 11.7. The van der Waals surface area contributed by atoms with E-state index in [4.69, 9.17) is 9.72 Å². The fraction of sp³-hybridized carbons (Fsp3) is 0.125. The van der Waals surface area contributed by atoms with E-state index in [-0.39, 0.29) is 0 Å². The molecule has 3 aromatic rings. The molecule has 0 saturated heterocycles. The Kier molecular flexibility index (Phi) is 3.60. The number of methoxy groups -OCH3 is 1. The number of nitrogens with zero attached hydrogens (tertiary/aromatic N) is 2. The number of benzene rings is 1. The number of aromatic nitrogens is 1. The van der Waals surface area contributed by atoms with Gasteiger partial charge in [-0.05, 0) is 29.1 Å². The van der Waals surface area contributed by atoms with Crippen molar-refractivity contribution in [2.24, 2.45) is 4.99 Å². The molecule has 1 aromatic carbocycles. The molecule has 110 valence electrons. The Labute approximate surface area is 144 Å². The van der Waals surface area contributed by atoms with Crippen LogP contribution in [0.15, 0.2) is 39.1 Å². The maximum atomic E-state index is 5.50. The van der Waals surface area contributed by atoms with Crippen LogP contribution in [0.4, 0.5) is 5.13 Å². The van der Waals surface area contributed by atoms with Gasteiger partial charge in [-0.25, -0.2) is 9.98 Å². The molecule has 22 heavy (non-hydrogen) atoms. The van der Waals surface area contributed by atoms with E-state index in [1.54, 1.807) is 29.8 Å². The number of fused-ring (bicyclic) bond motifs is 3. The first-order valence-corrected chi connectivity index (χ1v) is 9.18. The first-order valence-electron chi connectivity index (χ1n) is 6.69. The van der Waals surface area contributed by atoms with E-state index in [0.29, 0.717) is 0 Å². The molecule has 0 spiro atoms. The number of hydrogen-bond donors (Lipinski definition) is 0. The van der Waals surface area contributed by atoms with E-state index in [0.717, 1.165) is 37.9 Å². The molecule has 0 amide bonds. The van der Waals surface area contributed by atoms with Gasteiger partial charge in [0.2, 0.25) is 5.13 Å². The second kappa shape index (κ2) is 5.61. The molecule has 0 radical (unpaired) electrons. The topological polar surface area (TPSA) is 34.5 Å². The van der Waals surface area contributed by atoms with Gasteiger partial charge >= 0.3 is 0 Å². The highest BCUT2D eigenvalue weighted by atomic mass is 79.9. The van der Waals surface area contributed by atoms with Crippen LogP contribution in [0.1, 0.15) is 15.3 Å². The summed E-state index contributed by atoms with van der Waals surface area (Å²) in [6.45, 7) is 0. The number of rotatable bonds is 3. The van der Waals surface area contributed by atoms with E-state index in [9.17, 15) is 0 Å². The van der Waals surface area contributed by atoms with Crippen molar-refractivity contribution in [2.45, 2.75) is 6.42 Å². The Bertz CT molecular complexity index is 869. The number of thiazole rings is 1. The van der Waals surface area contributed by atoms with E-state index in [1.165, 1.54) is 10.4 Å². The van der Waals surface area contributed by atoms with E-state index in [1.807, 2.05) is 35.9 Å². The van der Waals surface area contributed by atoms with Crippen LogP contribution in [-0.2, 0) is 6.42 Å². The summed E-state index contributed by atoms with van der Waals surface area (Å²) in [5, 5.41) is 2.84. The largest absolute Gasteiger partial charge is 0.496 e. The second-order valence-electron chi connectivity index (χ2n) is 4.82. The Morgan fingerprint density at radius 3 is 3.05 bits per heavy atom. The van der Waals surface area contributed by atoms with Crippen molar-refractivity contribution < 1.29 is 4.74 Å². The van der Waals surface area contributed by atoms with E-state index in [2.05, 4.69) is 20.9 Å². The molecule has 4 rings (SSSR count). The van der Waals surface area contributed by atoms with Crippen molar-refractivity contribution >= 4 is 49.9 Å². The van der Waals surface area contributed by atoms with Crippen LogP contribution in [-0.4, -0.2) is 18.3 Å². The maximum absolute atomic E-state index is 5.50. The van der Waals surface area contributed by atoms with Crippen LogP contribution < -0.4 is 4.74 Å². The minimum atomic E-state index is 0.797. The zero-order valence-corrected chi connectivity index (χ0v) is 14.9. The molecule has 0 unspecified atom stereocenters. The van der Waals surface area contributed by atoms with E-state index >= 15 is 0 Å². The lowest BCUT2D eigenvalue weighted by Crippen LogP contribution is -1.90. The van der Waals surface area contributed by atoms with Crippen LogP contribution in [0.3, 0.4) is 0 Å². The molecule has 6 heteroatoms. The van der Waals surface area contributed by atoms with Crippen LogP contribution in [0.5, 0.6) is 5.75 Å². The average molecular weight is 391 g/mol. The van der Waals surface area contributed by atoms with Gasteiger partial charge in [-0.1, -0.05) is 33.3 Å². The molecule has 0 aliphatic heterocycles. The smallest absolute Gasteiger partial charge is 0.209 e. The van der Waals surface area contributed by atoms with Crippen LogP contribution in [0.2, 0.25) is 0 Å². The lowest BCUT2D eigenvalue weighted by molar-refractivity contribution is 0.416. The molecule has 1 aliphatic rings. The highest BCUT2D eigenvalue weighted by Gasteiger charge is 2.28. The molecular weight excluding hydrogens is 380 g/mol. The third-order valence-electron chi connectivity index (χ3n) is 3.54. The lowest BCUT2D eigenvalue weighted by atomic mass is 10.1. The van der Waals surface area contributed by atoms with Gasteiger partial charge in [0.1, 0.15) is 5.75 Å². The number of halogens is 1. The van der Waals surface area contributed by atoms with Crippen LogP contribution in [0.25, 0.3) is 11.3 Å². The molecule has 0 saturated carbocycles. The SMILES string of the molecule is COc1ccc(Br)c2c1-c1nc(N=Cc3cccs3)sc1C2. The molecule has 0 fully saturated rings. The van der Waals surface area contributed by atoms with Crippen molar-refractivity contribution in [1.82, 2.24) is 4.98 Å². The molecule has 2 aromatic heterocycles. The number of hydrogen-bond acceptors (Lipinski definition) is 5. The number of aliphatic imine (C=N–C) groups is 1. The van der Waals surface area contributed by atoms with Gasteiger partial charge in [-0.3, -0.25) is 0 Å². The first-order chi connectivity index (χ1) is 10.8. The standard InChI is InChI=1S/C16H11BrN2OS2/c1-20-12-5-4-11(17)10-7-13-15(14(10)12)19-16(22-13)18-8-9-3-2-6-21-9/h2-6,8H,7H2,1H3. The highest BCUT2D eigenvalue weighted by Crippen LogP contribution is 2.48. The second-order valence-corrected chi connectivity index (χ2v) is 7.72. The molecule has 0 N–H and O–H groups in total. The summed E-state index contributed by atoms with van der Waals surface area (Å²) >= 11 is 6.94. The summed E-state index contributed by atoms with van der Waals surface area (Å²) in [5.41, 5.74) is 3.36. The Hall–Kier alpha value is -1.50. The predicted molar refractivity (Wildman–Crippen MR) is 96.2 cm³/mol. The maximum Gasteiger partial charge on any atom is 0.209 e. The normalized spacial score (nSPS) is 12.6. The molecule has 1 aliphatic carbocycles. The lowest BCUT2D eigenvalue weighted by Gasteiger charge is -2.08. The minimum Gasteiger partial charge on any atom is -0.496 e. The van der Waals surface area contributed by atoms with Crippen molar-refractivity contribution in [1.29, 1.82) is 0 Å². The zero-order chi connectivity index (χ0) is 15.1. The third kappa shape index (κ3) is 2.31. The van der Waals surface area contributed by atoms with Crippen molar-refractivity contribution in [3.05, 3.63) is 49.4 Å².